The molecule has 0 radical (unpaired) electrons. The van der Waals surface area contributed by atoms with E-state index in [4.69, 9.17) is 4.74 Å². The van der Waals surface area contributed by atoms with Gasteiger partial charge in [-0.1, -0.05) is 37.7 Å². The number of carbonyl (C=O) groups is 1. The van der Waals surface area contributed by atoms with Gasteiger partial charge >= 0.3 is 0 Å². The lowest BCUT2D eigenvalue weighted by molar-refractivity contribution is -0.113. The zero-order chi connectivity index (χ0) is 20.8. The van der Waals surface area contributed by atoms with E-state index in [1.165, 1.54) is 17.3 Å². The van der Waals surface area contributed by atoms with E-state index < -0.39 is 0 Å². The van der Waals surface area contributed by atoms with E-state index in [-0.39, 0.29) is 11.7 Å². The van der Waals surface area contributed by atoms with Crippen molar-refractivity contribution < 1.29 is 9.53 Å². The third-order valence-electron chi connectivity index (χ3n) is 4.39. The van der Waals surface area contributed by atoms with Crippen LogP contribution < -0.4 is 10.1 Å². The molecule has 2 aromatic carbocycles. The van der Waals surface area contributed by atoms with Crippen LogP contribution in [0.5, 0.6) is 5.75 Å². The number of aromatic nitrogens is 2. The third kappa shape index (κ3) is 5.81. The van der Waals surface area contributed by atoms with Crippen molar-refractivity contribution in [3.63, 3.8) is 0 Å². The van der Waals surface area contributed by atoms with Crippen molar-refractivity contribution in [2.75, 3.05) is 18.2 Å². The summed E-state index contributed by atoms with van der Waals surface area (Å²) in [5.74, 6) is 2.12. The maximum Gasteiger partial charge on any atom is 0.234 e. The molecule has 0 aliphatic carbocycles. The number of ether oxygens (including phenoxy) is 1. The van der Waals surface area contributed by atoms with Gasteiger partial charge in [-0.05, 0) is 60.9 Å². The van der Waals surface area contributed by atoms with Gasteiger partial charge in [0.15, 0.2) is 5.82 Å². The van der Waals surface area contributed by atoms with Crippen LogP contribution in [0.2, 0.25) is 0 Å². The van der Waals surface area contributed by atoms with Crippen molar-refractivity contribution in [3.05, 3.63) is 65.9 Å². The lowest BCUT2D eigenvalue weighted by Crippen LogP contribution is -2.14. The largest absolute Gasteiger partial charge is 0.497 e. The molecule has 0 saturated carbocycles. The van der Waals surface area contributed by atoms with Gasteiger partial charge in [-0.3, -0.25) is 4.79 Å². The normalized spacial score (nSPS) is 10.8. The van der Waals surface area contributed by atoms with E-state index >= 15 is 0 Å². The van der Waals surface area contributed by atoms with Crippen LogP contribution in [0, 0.1) is 6.92 Å². The lowest BCUT2D eigenvalue weighted by Gasteiger charge is -2.09. The summed E-state index contributed by atoms with van der Waals surface area (Å²) in [7, 11) is 1.64. The number of hydrogen-bond acceptors (Lipinski definition) is 5. The van der Waals surface area contributed by atoms with E-state index in [9.17, 15) is 4.79 Å². The fourth-order valence-electron chi connectivity index (χ4n) is 2.77. The Labute approximate surface area is 175 Å². The number of benzene rings is 2. The molecule has 1 N–H and O–H groups in total. The second kappa shape index (κ2) is 9.56. The minimum Gasteiger partial charge on any atom is -0.497 e. The van der Waals surface area contributed by atoms with Gasteiger partial charge in [0.2, 0.25) is 5.91 Å². The maximum atomic E-state index is 12.3. The Balaban J connectivity index is 1.63. The van der Waals surface area contributed by atoms with Gasteiger partial charge in [0.05, 0.1) is 12.9 Å². The molecule has 0 aliphatic heterocycles. The number of hydrogen-bond donors (Lipinski definition) is 1. The Hall–Kier alpha value is -2.86. The first-order chi connectivity index (χ1) is 13.9. The number of anilines is 1. The van der Waals surface area contributed by atoms with Gasteiger partial charge in [-0.2, -0.15) is 0 Å². The molecule has 3 rings (SSSR count). The fourth-order valence-corrected chi connectivity index (χ4v) is 3.53. The molecule has 1 amide bonds. The predicted octanol–water partition coefficient (Wildman–Crippen LogP) is 5.31. The molecule has 0 fully saturated rings. The molecular weight excluding hydrogens is 382 g/mol. The topological polar surface area (TPSA) is 64.1 Å². The Bertz CT molecular complexity index is 970. The highest BCUT2D eigenvalue weighted by Crippen LogP contribution is 2.24. The fraction of sp³-hybridized carbons (Fsp3) is 0.261. The summed E-state index contributed by atoms with van der Waals surface area (Å²) in [6.07, 6.45) is 0. The number of carbonyl (C=O) groups excluding carboxylic acids is 1. The number of thioether (sulfide) groups is 1. The molecule has 3 aromatic rings. The number of rotatable bonds is 7. The van der Waals surface area contributed by atoms with Crippen molar-refractivity contribution in [2.45, 2.75) is 31.7 Å². The van der Waals surface area contributed by atoms with Gasteiger partial charge in [0.1, 0.15) is 10.8 Å². The van der Waals surface area contributed by atoms with Crippen LogP contribution in [0.3, 0.4) is 0 Å². The molecule has 0 saturated heterocycles. The average molecular weight is 408 g/mol. The van der Waals surface area contributed by atoms with Gasteiger partial charge in [-0.15, -0.1) is 0 Å². The number of aryl methyl sites for hydroxylation is 1. The Morgan fingerprint density at radius 2 is 1.76 bits per heavy atom. The van der Waals surface area contributed by atoms with Gasteiger partial charge in [0, 0.05) is 16.9 Å². The molecule has 0 spiro atoms. The van der Waals surface area contributed by atoms with Crippen molar-refractivity contribution >= 4 is 23.4 Å². The monoisotopic (exact) mass is 407 g/mol. The summed E-state index contributed by atoms with van der Waals surface area (Å²) in [6, 6.07) is 17.5. The minimum absolute atomic E-state index is 0.0606. The van der Waals surface area contributed by atoms with Crippen molar-refractivity contribution in [2.24, 2.45) is 0 Å². The molecular formula is C23H25N3O2S. The second-order valence-corrected chi connectivity index (χ2v) is 8.01. The van der Waals surface area contributed by atoms with E-state index in [0.29, 0.717) is 11.7 Å². The van der Waals surface area contributed by atoms with Crippen LogP contribution in [-0.4, -0.2) is 28.7 Å². The Morgan fingerprint density at radius 3 is 2.38 bits per heavy atom. The van der Waals surface area contributed by atoms with Crippen LogP contribution >= 0.6 is 11.8 Å². The van der Waals surface area contributed by atoms with Crippen molar-refractivity contribution in [3.8, 4) is 17.1 Å². The quantitative estimate of drug-likeness (QED) is 0.424. The summed E-state index contributed by atoms with van der Waals surface area (Å²) < 4.78 is 5.19. The van der Waals surface area contributed by atoms with Crippen molar-refractivity contribution in [1.29, 1.82) is 0 Å². The average Bonchev–Trinajstić information content (AvgIpc) is 2.72. The van der Waals surface area contributed by atoms with Crippen LogP contribution in [0.1, 0.15) is 31.0 Å². The summed E-state index contributed by atoms with van der Waals surface area (Å²) in [6.45, 7) is 6.22. The first kappa shape index (κ1) is 20.9. The van der Waals surface area contributed by atoms with Crippen LogP contribution in [-0.2, 0) is 4.79 Å². The molecule has 5 nitrogen and oxygen atoms in total. The smallest absolute Gasteiger partial charge is 0.234 e. The van der Waals surface area contributed by atoms with Crippen LogP contribution in [0.4, 0.5) is 5.69 Å². The lowest BCUT2D eigenvalue weighted by atomic mass is 10.0. The zero-order valence-corrected chi connectivity index (χ0v) is 17.9. The first-order valence-electron chi connectivity index (χ1n) is 9.47. The van der Waals surface area contributed by atoms with E-state index in [1.54, 1.807) is 7.11 Å². The van der Waals surface area contributed by atoms with Crippen molar-refractivity contribution in [1.82, 2.24) is 9.97 Å². The molecule has 0 unspecified atom stereocenters. The highest BCUT2D eigenvalue weighted by molar-refractivity contribution is 7.99. The Kier molecular flexibility index (Phi) is 6.88. The van der Waals surface area contributed by atoms with Gasteiger partial charge in [-0.25, -0.2) is 9.97 Å². The summed E-state index contributed by atoms with van der Waals surface area (Å²) >= 11 is 1.40. The summed E-state index contributed by atoms with van der Waals surface area (Å²) in [5, 5.41) is 3.71. The van der Waals surface area contributed by atoms with Gasteiger partial charge in [0.25, 0.3) is 0 Å². The van der Waals surface area contributed by atoms with Gasteiger partial charge < -0.3 is 10.1 Å². The van der Waals surface area contributed by atoms with Crippen LogP contribution in [0.25, 0.3) is 11.4 Å². The third-order valence-corrected chi connectivity index (χ3v) is 5.30. The molecule has 0 atom stereocenters. The predicted molar refractivity (Wildman–Crippen MR) is 119 cm³/mol. The number of methoxy groups -OCH3 is 1. The number of amides is 1. The second-order valence-electron chi connectivity index (χ2n) is 7.01. The summed E-state index contributed by atoms with van der Waals surface area (Å²) in [5.41, 5.74) is 3.82. The van der Waals surface area contributed by atoms with E-state index in [2.05, 4.69) is 29.1 Å². The molecule has 150 valence electrons. The molecule has 1 heterocycles. The highest BCUT2D eigenvalue weighted by Gasteiger charge is 2.09. The number of nitrogens with zero attached hydrogens (tertiary/aromatic N) is 2. The Morgan fingerprint density at radius 1 is 1.07 bits per heavy atom. The van der Waals surface area contributed by atoms with E-state index in [0.717, 1.165) is 27.7 Å². The minimum atomic E-state index is -0.0606. The number of nitrogens with one attached hydrogen (secondary N) is 1. The molecule has 1 aromatic heterocycles. The summed E-state index contributed by atoms with van der Waals surface area (Å²) in [4.78, 5) is 21.4. The SMILES string of the molecule is COc1ccc(-c2nc(C)cc(SCC(=O)Nc3ccc(C(C)C)cc3)n2)cc1. The maximum absolute atomic E-state index is 12.3. The van der Waals surface area contributed by atoms with Crippen LogP contribution in [0.15, 0.2) is 59.6 Å². The molecule has 6 heteroatoms. The highest BCUT2D eigenvalue weighted by atomic mass is 32.2. The molecule has 29 heavy (non-hydrogen) atoms. The molecule has 0 bridgehead atoms. The molecule has 0 aliphatic rings. The standard InChI is InChI=1S/C23H25N3O2S/c1-15(2)17-5-9-19(10-6-17)25-21(27)14-29-22-13-16(3)24-23(26-22)18-7-11-20(28-4)12-8-18/h5-13,15H,14H2,1-4H3,(H,25,27). The zero-order valence-electron chi connectivity index (χ0n) is 17.1. The van der Waals surface area contributed by atoms with E-state index in [1.807, 2.05) is 61.5 Å². The first-order valence-corrected chi connectivity index (χ1v) is 10.5.